The van der Waals surface area contributed by atoms with Gasteiger partial charge in [0.15, 0.2) is 0 Å². The minimum atomic E-state index is -0.0570. The van der Waals surface area contributed by atoms with E-state index < -0.39 is 0 Å². The van der Waals surface area contributed by atoms with Gasteiger partial charge >= 0.3 is 0 Å². The van der Waals surface area contributed by atoms with Gasteiger partial charge in [0.1, 0.15) is 11.6 Å². The Bertz CT molecular complexity index is 1020. The minimum Gasteiger partial charge on any atom is -0.368 e. The van der Waals surface area contributed by atoms with E-state index in [4.69, 9.17) is 9.97 Å². The van der Waals surface area contributed by atoms with Crippen molar-refractivity contribution in [1.82, 2.24) is 15.3 Å². The van der Waals surface area contributed by atoms with Crippen molar-refractivity contribution < 1.29 is 4.79 Å². The van der Waals surface area contributed by atoms with E-state index in [0.29, 0.717) is 24.6 Å². The zero-order chi connectivity index (χ0) is 20.4. The molecule has 1 aromatic heterocycles. The summed E-state index contributed by atoms with van der Waals surface area (Å²) in [6.45, 7) is 7.63. The fourth-order valence-electron chi connectivity index (χ4n) is 3.33. The van der Waals surface area contributed by atoms with Crippen LogP contribution in [0.15, 0.2) is 48.5 Å². The van der Waals surface area contributed by atoms with Crippen LogP contribution in [0.2, 0.25) is 0 Å². The molecule has 0 saturated heterocycles. The number of amides is 1. The molecule has 0 unspecified atom stereocenters. The first-order chi connectivity index (χ1) is 13.9. The number of nitrogens with zero attached hydrogens (tertiary/aromatic N) is 2. The Morgan fingerprint density at radius 3 is 2.41 bits per heavy atom. The van der Waals surface area contributed by atoms with Crippen LogP contribution < -0.4 is 10.6 Å². The molecule has 1 saturated carbocycles. The number of fused-ring (bicyclic) bond motifs is 1. The molecular weight excluding hydrogens is 360 g/mol. The predicted octanol–water partition coefficient (Wildman–Crippen LogP) is 4.65. The Morgan fingerprint density at radius 1 is 1.00 bits per heavy atom. The Morgan fingerprint density at radius 2 is 1.72 bits per heavy atom. The number of nitrogens with one attached hydrogen (secondary N) is 2. The van der Waals surface area contributed by atoms with E-state index in [9.17, 15) is 4.79 Å². The maximum Gasteiger partial charge on any atom is 0.251 e. The highest BCUT2D eigenvalue weighted by molar-refractivity contribution is 5.94. The standard InChI is InChI=1S/C24H28N4O/c1-24(2,3)18-12-10-17(11-13-18)23(29)26-15-14-25-22-19-6-4-5-7-20(19)27-21(28-22)16-8-9-16/h4-7,10-13,16H,8-9,14-15H2,1-3H3,(H,26,29)(H,25,27,28). The van der Waals surface area contributed by atoms with Crippen molar-refractivity contribution in [1.29, 1.82) is 0 Å². The lowest BCUT2D eigenvalue weighted by Crippen LogP contribution is -2.29. The van der Waals surface area contributed by atoms with Crippen LogP contribution in [-0.4, -0.2) is 29.0 Å². The first-order valence-corrected chi connectivity index (χ1v) is 10.3. The van der Waals surface area contributed by atoms with Gasteiger partial charge in [0, 0.05) is 30.0 Å². The van der Waals surface area contributed by atoms with Crippen LogP contribution in [0, 0.1) is 0 Å². The molecule has 1 aliphatic rings. The molecule has 29 heavy (non-hydrogen) atoms. The number of carbonyl (C=O) groups excluding carboxylic acids is 1. The summed E-state index contributed by atoms with van der Waals surface area (Å²) in [5.41, 5.74) is 2.95. The van der Waals surface area contributed by atoms with Gasteiger partial charge in [0.05, 0.1) is 5.52 Å². The zero-order valence-electron chi connectivity index (χ0n) is 17.3. The van der Waals surface area contributed by atoms with Crippen molar-refractivity contribution in [3.05, 3.63) is 65.5 Å². The molecular formula is C24H28N4O. The highest BCUT2D eigenvalue weighted by Crippen LogP contribution is 2.39. The maximum absolute atomic E-state index is 12.4. The molecule has 1 fully saturated rings. The van der Waals surface area contributed by atoms with Gasteiger partial charge in [-0.25, -0.2) is 9.97 Å². The Hall–Kier alpha value is -2.95. The summed E-state index contributed by atoms with van der Waals surface area (Å²) in [5.74, 6) is 2.21. The Labute approximate surface area is 172 Å². The van der Waals surface area contributed by atoms with Gasteiger partial charge in [-0.1, -0.05) is 45.0 Å². The third-order valence-corrected chi connectivity index (χ3v) is 5.28. The summed E-state index contributed by atoms with van der Waals surface area (Å²) < 4.78 is 0. The van der Waals surface area contributed by atoms with Crippen molar-refractivity contribution in [2.24, 2.45) is 0 Å². The van der Waals surface area contributed by atoms with Crippen LogP contribution in [-0.2, 0) is 5.41 Å². The van der Waals surface area contributed by atoms with E-state index in [1.54, 1.807) is 0 Å². The number of para-hydroxylation sites is 1. The largest absolute Gasteiger partial charge is 0.368 e. The molecule has 2 aromatic carbocycles. The molecule has 3 aromatic rings. The smallest absolute Gasteiger partial charge is 0.251 e. The van der Waals surface area contributed by atoms with Crippen molar-refractivity contribution in [2.45, 2.75) is 44.9 Å². The number of carbonyl (C=O) groups is 1. The van der Waals surface area contributed by atoms with E-state index in [-0.39, 0.29) is 11.3 Å². The molecule has 150 valence electrons. The molecule has 0 aliphatic heterocycles. The summed E-state index contributed by atoms with van der Waals surface area (Å²) in [6.07, 6.45) is 2.34. The van der Waals surface area contributed by atoms with Crippen LogP contribution in [0.25, 0.3) is 10.9 Å². The van der Waals surface area contributed by atoms with E-state index in [1.165, 1.54) is 18.4 Å². The number of benzene rings is 2. The third-order valence-electron chi connectivity index (χ3n) is 5.28. The topological polar surface area (TPSA) is 66.9 Å². The predicted molar refractivity (Wildman–Crippen MR) is 117 cm³/mol. The normalized spacial score (nSPS) is 14.0. The van der Waals surface area contributed by atoms with Crippen LogP contribution in [0.5, 0.6) is 0 Å². The average molecular weight is 389 g/mol. The average Bonchev–Trinajstić information content (AvgIpc) is 3.55. The van der Waals surface area contributed by atoms with E-state index in [2.05, 4.69) is 31.4 Å². The van der Waals surface area contributed by atoms with Gasteiger partial charge < -0.3 is 10.6 Å². The quantitative estimate of drug-likeness (QED) is 0.604. The van der Waals surface area contributed by atoms with Gasteiger partial charge in [-0.15, -0.1) is 0 Å². The fourth-order valence-corrected chi connectivity index (χ4v) is 3.33. The van der Waals surface area contributed by atoms with Crippen LogP contribution >= 0.6 is 0 Å². The lowest BCUT2D eigenvalue weighted by Gasteiger charge is -2.19. The van der Waals surface area contributed by atoms with E-state index in [0.717, 1.165) is 22.5 Å². The highest BCUT2D eigenvalue weighted by Gasteiger charge is 2.27. The van der Waals surface area contributed by atoms with E-state index in [1.807, 2.05) is 48.5 Å². The second-order valence-corrected chi connectivity index (χ2v) is 8.73. The SMILES string of the molecule is CC(C)(C)c1ccc(C(=O)NCCNc2nc(C3CC3)nc3ccccc23)cc1. The minimum absolute atomic E-state index is 0.0570. The van der Waals surface area contributed by atoms with Crippen LogP contribution in [0.1, 0.15) is 61.3 Å². The second kappa shape index (κ2) is 7.82. The molecule has 4 rings (SSSR count). The Balaban J connectivity index is 1.36. The molecule has 1 heterocycles. The molecule has 1 aliphatic carbocycles. The second-order valence-electron chi connectivity index (χ2n) is 8.73. The number of hydrogen-bond acceptors (Lipinski definition) is 4. The highest BCUT2D eigenvalue weighted by atomic mass is 16.1. The third kappa shape index (κ3) is 4.56. The first kappa shape index (κ1) is 19.4. The van der Waals surface area contributed by atoms with Gasteiger partial charge in [0.2, 0.25) is 0 Å². The summed E-state index contributed by atoms with van der Waals surface area (Å²) in [4.78, 5) is 21.8. The molecule has 0 radical (unpaired) electrons. The number of hydrogen-bond donors (Lipinski definition) is 2. The molecule has 2 N–H and O–H groups in total. The lowest BCUT2D eigenvalue weighted by atomic mass is 9.87. The number of rotatable bonds is 6. The van der Waals surface area contributed by atoms with Crippen molar-refractivity contribution in [3.63, 3.8) is 0 Å². The first-order valence-electron chi connectivity index (χ1n) is 10.3. The molecule has 5 heteroatoms. The van der Waals surface area contributed by atoms with E-state index >= 15 is 0 Å². The van der Waals surface area contributed by atoms with Gasteiger partial charge in [0.25, 0.3) is 5.91 Å². The van der Waals surface area contributed by atoms with Crippen molar-refractivity contribution in [3.8, 4) is 0 Å². The van der Waals surface area contributed by atoms with Crippen molar-refractivity contribution >= 4 is 22.6 Å². The maximum atomic E-state index is 12.4. The monoisotopic (exact) mass is 388 g/mol. The number of anilines is 1. The van der Waals surface area contributed by atoms with Gasteiger partial charge in [-0.05, 0) is 48.1 Å². The fraction of sp³-hybridized carbons (Fsp3) is 0.375. The lowest BCUT2D eigenvalue weighted by molar-refractivity contribution is 0.0955. The summed E-state index contributed by atoms with van der Waals surface area (Å²) in [6, 6.07) is 15.9. The van der Waals surface area contributed by atoms with Crippen LogP contribution in [0.3, 0.4) is 0 Å². The van der Waals surface area contributed by atoms with Crippen LogP contribution in [0.4, 0.5) is 5.82 Å². The summed E-state index contributed by atoms with van der Waals surface area (Å²) in [7, 11) is 0. The summed E-state index contributed by atoms with van der Waals surface area (Å²) >= 11 is 0. The molecule has 0 atom stereocenters. The Kier molecular flexibility index (Phi) is 5.22. The van der Waals surface area contributed by atoms with Gasteiger partial charge in [-0.2, -0.15) is 0 Å². The molecule has 0 spiro atoms. The zero-order valence-corrected chi connectivity index (χ0v) is 17.3. The number of aromatic nitrogens is 2. The molecule has 0 bridgehead atoms. The molecule has 1 amide bonds. The van der Waals surface area contributed by atoms with Crippen molar-refractivity contribution in [2.75, 3.05) is 18.4 Å². The summed E-state index contributed by atoms with van der Waals surface area (Å²) in [5, 5.41) is 7.38. The van der Waals surface area contributed by atoms with Gasteiger partial charge in [-0.3, -0.25) is 4.79 Å². The molecule has 5 nitrogen and oxygen atoms in total.